The van der Waals surface area contributed by atoms with Gasteiger partial charge in [0.15, 0.2) is 0 Å². The Morgan fingerprint density at radius 2 is 2.27 bits per heavy atom. The fourth-order valence-corrected chi connectivity index (χ4v) is 0.947. The molecule has 11 heavy (non-hydrogen) atoms. The Labute approximate surface area is 65.4 Å². The van der Waals surface area contributed by atoms with Crippen molar-refractivity contribution in [1.29, 1.82) is 0 Å². The van der Waals surface area contributed by atoms with Gasteiger partial charge < -0.3 is 4.90 Å². The number of hydrogen-bond acceptors (Lipinski definition) is 2. The second kappa shape index (κ2) is 3.20. The molecular weight excluding hydrogens is 142 g/mol. The number of carbonyl (C=O) groups is 2. The third kappa shape index (κ3) is 1.58. The molecule has 1 rings (SSSR count). The third-order valence-corrected chi connectivity index (χ3v) is 1.58. The minimum atomic E-state index is -0.382. The molecule has 3 nitrogen and oxygen atoms in total. The van der Waals surface area contributed by atoms with Gasteiger partial charge in [-0.25, -0.2) is 0 Å². The van der Waals surface area contributed by atoms with Crippen molar-refractivity contribution in [2.45, 2.75) is 13.3 Å². The maximum absolute atomic E-state index is 10.9. The maximum Gasteiger partial charge on any atom is 0.290 e. The monoisotopic (exact) mass is 151 g/mol. The fraction of sp³-hybridized carbons (Fsp3) is 0.500. The lowest BCUT2D eigenvalue weighted by atomic mass is 10.3. The first kappa shape index (κ1) is 7.80. The molecule has 0 aliphatic carbocycles. The number of Topliss-reactive ketones (excluding diaryl/α,β-unsaturated/α-hetero) is 1. The maximum atomic E-state index is 10.9. The molecule has 0 atom stereocenters. The van der Waals surface area contributed by atoms with Crippen molar-refractivity contribution in [3.05, 3.63) is 0 Å². The molecular formula is C8H9NO2. The van der Waals surface area contributed by atoms with E-state index in [9.17, 15) is 9.59 Å². The van der Waals surface area contributed by atoms with Crippen LogP contribution in [0.3, 0.4) is 0 Å². The quantitative estimate of drug-likeness (QED) is 0.385. The van der Waals surface area contributed by atoms with Gasteiger partial charge >= 0.3 is 0 Å². The van der Waals surface area contributed by atoms with Gasteiger partial charge in [0.1, 0.15) is 0 Å². The predicted octanol–water partition coefficient (Wildman–Crippen LogP) is -0.189. The van der Waals surface area contributed by atoms with Crippen molar-refractivity contribution < 1.29 is 9.59 Å². The fourth-order valence-electron chi connectivity index (χ4n) is 0.947. The molecule has 1 fully saturated rings. The molecule has 0 aromatic carbocycles. The van der Waals surface area contributed by atoms with Gasteiger partial charge in [0.05, 0.1) is 6.54 Å². The number of ketones is 1. The molecule has 0 bridgehead atoms. The largest absolute Gasteiger partial charge is 0.325 e. The molecule has 1 amide bonds. The number of likely N-dealkylation sites (tertiary alicyclic amines) is 1. The van der Waals surface area contributed by atoms with Crippen molar-refractivity contribution in [2.75, 3.05) is 13.1 Å². The molecule has 1 aliphatic rings. The third-order valence-electron chi connectivity index (χ3n) is 1.58. The highest BCUT2D eigenvalue weighted by atomic mass is 16.2. The van der Waals surface area contributed by atoms with Gasteiger partial charge in [-0.05, 0) is 6.92 Å². The summed E-state index contributed by atoms with van der Waals surface area (Å²) in [6.07, 6.45) is 0.351. The second-order valence-electron chi connectivity index (χ2n) is 2.33. The number of amides is 1. The second-order valence-corrected chi connectivity index (χ2v) is 2.33. The Morgan fingerprint density at radius 3 is 2.73 bits per heavy atom. The Morgan fingerprint density at radius 1 is 1.55 bits per heavy atom. The molecule has 1 heterocycles. The summed E-state index contributed by atoms with van der Waals surface area (Å²) in [5, 5.41) is 0. The molecule has 3 heteroatoms. The molecule has 0 spiro atoms. The first-order chi connectivity index (χ1) is 5.25. The Balaban J connectivity index is 2.53. The van der Waals surface area contributed by atoms with Gasteiger partial charge in [-0.1, -0.05) is 5.92 Å². The lowest BCUT2D eigenvalue weighted by Crippen LogP contribution is -2.27. The van der Waals surface area contributed by atoms with Crippen LogP contribution in [0.5, 0.6) is 0 Å². The standard InChI is InChI=1S/C8H9NO2/c1-2-3-5-9-6-4-7(10)8(9)11/h4-6H2,1H3. The summed E-state index contributed by atoms with van der Waals surface area (Å²) in [5.41, 5.74) is 0. The summed E-state index contributed by atoms with van der Waals surface area (Å²) < 4.78 is 0. The highest BCUT2D eigenvalue weighted by Crippen LogP contribution is 2.04. The van der Waals surface area contributed by atoms with Crippen LogP contribution in [0, 0.1) is 11.8 Å². The average Bonchev–Trinajstić information content (AvgIpc) is 2.31. The number of hydrogen-bond donors (Lipinski definition) is 0. The molecule has 0 unspecified atom stereocenters. The molecule has 0 radical (unpaired) electrons. The van der Waals surface area contributed by atoms with E-state index >= 15 is 0 Å². The Kier molecular flexibility index (Phi) is 2.27. The van der Waals surface area contributed by atoms with E-state index in [0.717, 1.165) is 0 Å². The molecule has 0 N–H and O–H groups in total. The first-order valence-corrected chi connectivity index (χ1v) is 3.47. The summed E-state index contributed by atoms with van der Waals surface area (Å²) >= 11 is 0. The molecule has 0 aromatic rings. The van der Waals surface area contributed by atoms with E-state index in [1.165, 1.54) is 4.90 Å². The van der Waals surface area contributed by atoms with Crippen molar-refractivity contribution >= 4 is 11.7 Å². The van der Waals surface area contributed by atoms with E-state index in [0.29, 0.717) is 19.5 Å². The van der Waals surface area contributed by atoms with Crippen LogP contribution in [-0.2, 0) is 9.59 Å². The lowest BCUT2D eigenvalue weighted by molar-refractivity contribution is -0.139. The van der Waals surface area contributed by atoms with Crippen LogP contribution in [-0.4, -0.2) is 29.7 Å². The first-order valence-electron chi connectivity index (χ1n) is 3.47. The highest BCUT2D eigenvalue weighted by molar-refractivity contribution is 6.37. The predicted molar refractivity (Wildman–Crippen MR) is 39.7 cm³/mol. The molecule has 0 aromatic heterocycles. The van der Waals surface area contributed by atoms with Crippen LogP contribution in [0.1, 0.15) is 13.3 Å². The van der Waals surface area contributed by atoms with Crippen LogP contribution < -0.4 is 0 Å². The Hall–Kier alpha value is -1.30. The zero-order valence-corrected chi connectivity index (χ0v) is 6.39. The van der Waals surface area contributed by atoms with E-state index in [-0.39, 0.29) is 11.7 Å². The van der Waals surface area contributed by atoms with E-state index < -0.39 is 0 Å². The zero-order valence-electron chi connectivity index (χ0n) is 6.39. The van der Waals surface area contributed by atoms with E-state index in [1.807, 2.05) is 0 Å². The van der Waals surface area contributed by atoms with E-state index in [2.05, 4.69) is 11.8 Å². The van der Waals surface area contributed by atoms with Gasteiger partial charge in [-0.15, -0.1) is 5.92 Å². The van der Waals surface area contributed by atoms with Crippen molar-refractivity contribution in [3.8, 4) is 11.8 Å². The number of rotatable bonds is 1. The minimum Gasteiger partial charge on any atom is -0.325 e. The van der Waals surface area contributed by atoms with Crippen molar-refractivity contribution in [2.24, 2.45) is 0 Å². The van der Waals surface area contributed by atoms with Crippen molar-refractivity contribution in [1.82, 2.24) is 4.90 Å². The van der Waals surface area contributed by atoms with Crippen LogP contribution in [0.25, 0.3) is 0 Å². The summed E-state index contributed by atoms with van der Waals surface area (Å²) in [5.74, 6) is 4.75. The molecule has 1 saturated heterocycles. The van der Waals surface area contributed by atoms with Gasteiger partial charge in [0, 0.05) is 13.0 Å². The van der Waals surface area contributed by atoms with E-state index in [4.69, 9.17) is 0 Å². The summed E-state index contributed by atoms with van der Waals surface area (Å²) in [4.78, 5) is 23.1. The van der Waals surface area contributed by atoms with Crippen LogP contribution in [0.2, 0.25) is 0 Å². The van der Waals surface area contributed by atoms with Crippen LogP contribution in [0.15, 0.2) is 0 Å². The molecule has 0 saturated carbocycles. The molecule has 58 valence electrons. The summed E-state index contributed by atoms with van der Waals surface area (Å²) in [7, 11) is 0. The summed E-state index contributed by atoms with van der Waals surface area (Å²) in [6, 6.07) is 0. The average molecular weight is 151 g/mol. The van der Waals surface area contributed by atoms with Crippen LogP contribution >= 0.6 is 0 Å². The smallest absolute Gasteiger partial charge is 0.290 e. The lowest BCUT2D eigenvalue weighted by Gasteiger charge is -2.08. The van der Waals surface area contributed by atoms with E-state index in [1.54, 1.807) is 6.92 Å². The minimum absolute atomic E-state index is 0.289. The van der Waals surface area contributed by atoms with Gasteiger partial charge in [-0.2, -0.15) is 0 Å². The van der Waals surface area contributed by atoms with Gasteiger partial charge in [0.25, 0.3) is 5.91 Å². The van der Waals surface area contributed by atoms with Gasteiger partial charge in [0.2, 0.25) is 5.78 Å². The SMILES string of the molecule is CC#CCN1CCC(=O)C1=O. The summed E-state index contributed by atoms with van der Waals surface area (Å²) in [6.45, 7) is 2.63. The topological polar surface area (TPSA) is 37.4 Å². The van der Waals surface area contributed by atoms with Crippen molar-refractivity contribution in [3.63, 3.8) is 0 Å². The van der Waals surface area contributed by atoms with Gasteiger partial charge in [-0.3, -0.25) is 9.59 Å². The normalized spacial score (nSPS) is 16.6. The highest BCUT2D eigenvalue weighted by Gasteiger charge is 2.27. The zero-order chi connectivity index (χ0) is 8.27. The molecule has 1 aliphatic heterocycles. The number of nitrogens with zero attached hydrogens (tertiary/aromatic N) is 1. The number of carbonyl (C=O) groups excluding carboxylic acids is 2. The Bertz CT molecular complexity index is 247. The van der Waals surface area contributed by atoms with Crippen LogP contribution in [0.4, 0.5) is 0 Å².